The molecule has 8 heteroatoms. The molecule has 1 aliphatic rings. The molecule has 1 saturated heterocycles. The molecule has 0 aromatic carbocycles. The smallest absolute Gasteiger partial charge is 0.334 e. The fraction of sp³-hybridized carbons (Fsp3) is 0.429. The van der Waals surface area contributed by atoms with Crippen LogP contribution in [0.2, 0.25) is 0 Å². The maximum atomic E-state index is 12.6. The Bertz CT molecular complexity index is 742. The van der Waals surface area contributed by atoms with E-state index in [1.54, 1.807) is 36.6 Å². The van der Waals surface area contributed by atoms with Crippen molar-refractivity contribution >= 4 is 17.5 Å². The van der Waals surface area contributed by atoms with E-state index < -0.39 is 12.1 Å². The molecule has 2 aromatic rings. The van der Waals surface area contributed by atoms with E-state index in [9.17, 15) is 9.59 Å². The predicted molar refractivity (Wildman–Crippen MR) is 75.6 cm³/mol. The summed E-state index contributed by atoms with van der Waals surface area (Å²) in [4.78, 5) is 25.2. The van der Waals surface area contributed by atoms with Crippen molar-refractivity contribution in [3.63, 3.8) is 0 Å². The molecule has 1 aliphatic heterocycles. The zero-order valence-corrected chi connectivity index (χ0v) is 12.3. The summed E-state index contributed by atoms with van der Waals surface area (Å²) in [6.45, 7) is 3.95. The number of carbonyl (C=O) groups excluding carboxylic acids is 1. The molecule has 1 unspecified atom stereocenters. The largest absolute Gasteiger partial charge is 0.479 e. The van der Waals surface area contributed by atoms with Crippen LogP contribution >= 0.6 is 0 Å². The van der Waals surface area contributed by atoms with Crippen LogP contribution in [-0.2, 0) is 9.53 Å². The number of fused-ring (bicyclic) bond motifs is 1. The molecule has 1 fully saturated rings. The molecule has 8 nitrogen and oxygen atoms in total. The van der Waals surface area contributed by atoms with Gasteiger partial charge in [-0.25, -0.2) is 4.79 Å². The van der Waals surface area contributed by atoms with Gasteiger partial charge in [-0.2, -0.15) is 0 Å². The Kier molecular flexibility index (Phi) is 3.53. The molecule has 2 atom stereocenters. The number of hydrogen-bond donors (Lipinski definition) is 1. The minimum atomic E-state index is -1.06. The molecule has 0 bridgehead atoms. The van der Waals surface area contributed by atoms with Gasteiger partial charge in [0.1, 0.15) is 5.82 Å². The standard InChI is InChI=1S/C14H16N4O4/c1-8-5-17(7-11(22-8)14(20)21)13(19)10-3-4-12-16-15-9(2)18(12)6-10/h3-4,6,8,11H,5,7H2,1-2H3,(H,20,21)/t8-,11?/m1/s1. The number of carbonyl (C=O) groups is 2. The van der Waals surface area contributed by atoms with Crippen LogP contribution < -0.4 is 0 Å². The zero-order chi connectivity index (χ0) is 15.9. The van der Waals surface area contributed by atoms with Crippen molar-refractivity contribution in [2.75, 3.05) is 13.1 Å². The van der Waals surface area contributed by atoms with Gasteiger partial charge in [0.2, 0.25) is 0 Å². The van der Waals surface area contributed by atoms with Gasteiger partial charge < -0.3 is 14.7 Å². The van der Waals surface area contributed by atoms with E-state index in [0.29, 0.717) is 23.6 Å². The molecule has 3 rings (SSSR count). The first kappa shape index (κ1) is 14.5. The van der Waals surface area contributed by atoms with Crippen LogP contribution in [0.4, 0.5) is 0 Å². The zero-order valence-electron chi connectivity index (χ0n) is 12.3. The average molecular weight is 304 g/mol. The third-order valence-electron chi connectivity index (χ3n) is 3.64. The molecule has 0 spiro atoms. The monoisotopic (exact) mass is 304 g/mol. The van der Waals surface area contributed by atoms with Gasteiger partial charge in [0, 0.05) is 12.7 Å². The van der Waals surface area contributed by atoms with Crippen LogP contribution in [0, 0.1) is 6.92 Å². The Balaban J connectivity index is 1.87. The minimum Gasteiger partial charge on any atom is -0.479 e. The second-order valence-corrected chi connectivity index (χ2v) is 5.38. The molecule has 0 saturated carbocycles. The Morgan fingerprint density at radius 1 is 1.32 bits per heavy atom. The van der Waals surface area contributed by atoms with Crippen molar-refractivity contribution in [2.24, 2.45) is 0 Å². The Morgan fingerprint density at radius 3 is 2.82 bits per heavy atom. The van der Waals surface area contributed by atoms with Crippen LogP contribution in [0.1, 0.15) is 23.1 Å². The predicted octanol–water partition coefficient (Wildman–Crippen LogP) is 0.352. The molecule has 2 aromatic heterocycles. The molecular weight excluding hydrogens is 288 g/mol. The summed E-state index contributed by atoms with van der Waals surface area (Å²) in [7, 11) is 0. The lowest BCUT2D eigenvalue weighted by molar-refractivity contribution is -0.160. The fourth-order valence-electron chi connectivity index (χ4n) is 2.57. The van der Waals surface area contributed by atoms with Crippen molar-refractivity contribution in [3.05, 3.63) is 29.7 Å². The molecule has 3 heterocycles. The number of carboxylic acids is 1. The SMILES string of the molecule is Cc1nnc2ccc(C(=O)N3CC(C(=O)O)O[C@H](C)C3)cn12. The van der Waals surface area contributed by atoms with E-state index in [0.717, 1.165) is 0 Å². The number of aromatic nitrogens is 3. The van der Waals surface area contributed by atoms with Gasteiger partial charge in [0.25, 0.3) is 5.91 Å². The number of pyridine rings is 1. The number of carboxylic acid groups (broad SMARTS) is 1. The van der Waals surface area contributed by atoms with E-state index in [1.807, 2.05) is 0 Å². The lowest BCUT2D eigenvalue weighted by atomic mass is 10.1. The number of ether oxygens (including phenoxy) is 1. The third kappa shape index (κ3) is 2.52. The highest BCUT2D eigenvalue weighted by Gasteiger charge is 2.33. The van der Waals surface area contributed by atoms with Gasteiger partial charge in [-0.3, -0.25) is 9.20 Å². The van der Waals surface area contributed by atoms with Gasteiger partial charge in [-0.1, -0.05) is 0 Å². The van der Waals surface area contributed by atoms with Crippen molar-refractivity contribution in [1.29, 1.82) is 0 Å². The summed E-state index contributed by atoms with van der Waals surface area (Å²) < 4.78 is 7.05. The number of aliphatic carboxylic acids is 1. The van der Waals surface area contributed by atoms with E-state index in [2.05, 4.69) is 10.2 Å². The number of rotatable bonds is 2. The quantitative estimate of drug-likeness (QED) is 0.860. The van der Waals surface area contributed by atoms with Crippen LogP contribution in [0.15, 0.2) is 18.3 Å². The van der Waals surface area contributed by atoms with Gasteiger partial charge in [0.15, 0.2) is 11.8 Å². The normalized spacial score (nSPS) is 22.0. The molecule has 0 radical (unpaired) electrons. The highest BCUT2D eigenvalue weighted by molar-refractivity contribution is 5.94. The first-order valence-corrected chi connectivity index (χ1v) is 6.94. The van der Waals surface area contributed by atoms with E-state index >= 15 is 0 Å². The number of morpholine rings is 1. The second kappa shape index (κ2) is 5.38. The second-order valence-electron chi connectivity index (χ2n) is 5.38. The summed E-state index contributed by atoms with van der Waals surface area (Å²) >= 11 is 0. The maximum absolute atomic E-state index is 12.6. The van der Waals surface area contributed by atoms with E-state index in [4.69, 9.17) is 9.84 Å². The average Bonchev–Trinajstić information content (AvgIpc) is 2.86. The molecule has 0 aliphatic carbocycles. The van der Waals surface area contributed by atoms with E-state index in [1.165, 1.54) is 4.90 Å². The Labute approximate surface area is 126 Å². The first-order valence-electron chi connectivity index (χ1n) is 6.94. The lowest BCUT2D eigenvalue weighted by Gasteiger charge is -2.34. The van der Waals surface area contributed by atoms with Crippen molar-refractivity contribution < 1.29 is 19.4 Å². The Morgan fingerprint density at radius 2 is 2.09 bits per heavy atom. The fourth-order valence-corrected chi connectivity index (χ4v) is 2.57. The molecule has 22 heavy (non-hydrogen) atoms. The van der Waals surface area contributed by atoms with Crippen LogP contribution in [-0.4, -0.2) is 61.8 Å². The molecule has 116 valence electrons. The van der Waals surface area contributed by atoms with E-state index in [-0.39, 0.29) is 18.6 Å². The summed E-state index contributed by atoms with van der Waals surface area (Å²) in [5.41, 5.74) is 1.13. The summed E-state index contributed by atoms with van der Waals surface area (Å²) in [5, 5.41) is 17.0. The van der Waals surface area contributed by atoms with Gasteiger partial charge >= 0.3 is 5.97 Å². The number of hydrogen-bond acceptors (Lipinski definition) is 5. The molecule has 1 N–H and O–H groups in total. The summed E-state index contributed by atoms with van der Waals surface area (Å²) in [6, 6.07) is 3.38. The first-order chi connectivity index (χ1) is 10.5. The lowest BCUT2D eigenvalue weighted by Crippen LogP contribution is -2.51. The Hall–Kier alpha value is -2.48. The molecular formula is C14H16N4O4. The van der Waals surface area contributed by atoms with Gasteiger partial charge in [0.05, 0.1) is 18.2 Å². The highest BCUT2D eigenvalue weighted by atomic mass is 16.5. The van der Waals surface area contributed by atoms with Crippen molar-refractivity contribution in [2.45, 2.75) is 26.1 Å². The van der Waals surface area contributed by atoms with Crippen LogP contribution in [0.5, 0.6) is 0 Å². The maximum Gasteiger partial charge on any atom is 0.334 e. The number of aryl methyl sites for hydroxylation is 1. The summed E-state index contributed by atoms with van der Waals surface area (Å²) in [5.74, 6) is -0.603. The topological polar surface area (TPSA) is 97.0 Å². The van der Waals surface area contributed by atoms with Gasteiger partial charge in [-0.05, 0) is 26.0 Å². The minimum absolute atomic E-state index is 0.0394. The number of amides is 1. The molecule has 1 amide bonds. The van der Waals surface area contributed by atoms with Gasteiger partial charge in [-0.15, -0.1) is 10.2 Å². The van der Waals surface area contributed by atoms with Crippen LogP contribution in [0.25, 0.3) is 5.65 Å². The van der Waals surface area contributed by atoms with Crippen LogP contribution in [0.3, 0.4) is 0 Å². The number of nitrogens with zero attached hydrogens (tertiary/aromatic N) is 4. The van der Waals surface area contributed by atoms with Crippen molar-refractivity contribution in [3.8, 4) is 0 Å². The highest BCUT2D eigenvalue weighted by Crippen LogP contribution is 2.16. The van der Waals surface area contributed by atoms with Crippen molar-refractivity contribution in [1.82, 2.24) is 19.5 Å². The summed E-state index contributed by atoms with van der Waals surface area (Å²) in [6.07, 6.45) is 0.357. The third-order valence-corrected chi connectivity index (χ3v) is 3.64.